The fraction of sp³-hybridized carbons (Fsp3) is 0.435. The third-order valence-electron chi connectivity index (χ3n) is 12.6. The van der Waals surface area contributed by atoms with Crippen molar-refractivity contribution in [2.45, 2.75) is 95.7 Å². The predicted molar refractivity (Wildman–Crippen MR) is 212 cm³/mol. The molecule has 4 unspecified atom stereocenters. The quantitative estimate of drug-likeness (QED) is 0.149. The minimum absolute atomic E-state index is 0.0537. The molecule has 2 bridgehead atoms. The van der Waals surface area contributed by atoms with Crippen molar-refractivity contribution in [1.29, 1.82) is 0 Å². The van der Waals surface area contributed by atoms with E-state index in [2.05, 4.69) is 5.32 Å². The number of ether oxygens (including phenoxy) is 5. The van der Waals surface area contributed by atoms with Crippen LogP contribution < -0.4 is 5.32 Å². The van der Waals surface area contributed by atoms with E-state index in [0.29, 0.717) is 16.7 Å². The van der Waals surface area contributed by atoms with Crippen molar-refractivity contribution >= 4 is 35.6 Å². The van der Waals surface area contributed by atoms with Gasteiger partial charge in [-0.15, -0.1) is 0 Å². The molecule has 7 rings (SSSR count). The van der Waals surface area contributed by atoms with E-state index in [-0.39, 0.29) is 30.6 Å². The van der Waals surface area contributed by atoms with Gasteiger partial charge in [-0.3, -0.25) is 19.2 Å². The molecule has 0 aromatic heterocycles. The van der Waals surface area contributed by atoms with Gasteiger partial charge in [-0.2, -0.15) is 0 Å². The molecule has 4 aliphatic rings. The SMILES string of the molecule is CC(=O)O[C@H]1C(=O)C2C([C@H](OC(=O)c3ccccc3)C3CC(OC(=O)[C@H](O)[C@@H](NC(=O)c4ccccc4)c4ccccc4)C(C)=C1C3(C)C)[C@]1(OC(C)=O)CO[C@@H]1C[C@@H]2O. The van der Waals surface area contributed by atoms with E-state index in [0.717, 1.165) is 6.92 Å². The number of hydrogen-bond acceptors (Lipinski definition) is 13. The zero-order chi connectivity index (χ0) is 43.1. The van der Waals surface area contributed by atoms with Crippen molar-refractivity contribution in [2.24, 2.45) is 23.2 Å². The standard InChI is InChI=1S/C46H49NO13/c1-24-32(58-44(55)39(52)37(27-15-9-6-10-16-27)47-42(53)28-17-11-7-12-18-28)21-30-40(59-43(54)29-19-13-8-14-20-29)36-34(31(50)22-33-46(36,23-56-33)60-26(3)49)38(51)41(57-25(2)48)35(24)45(30,4)5/h6-20,30-34,36-37,39-41,50,52H,21-23H2,1-5H3,(H,47,53)/t30?,31-,32?,33+,34?,36?,37-,39+,40+,41+,46-/m0/s1. The maximum absolute atomic E-state index is 15.1. The van der Waals surface area contributed by atoms with Crippen molar-refractivity contribution in [2.75, 3.05) is 6.61 Å². The second-order valence-electron chi connectivity index (χ2n) is 16.6. The number of ketones is 1. The highest BCUT2D eigenvalue weighted by Crippen LogP contribution is 2.59. The van der Waals surface area contributed by atoms with Crippen LogP contribution in [0.3, 0.4) is 0 Å². The third kappa shape index (κ3) is 7.75. The molecular weight excluding hydrogens is 774 g/mol. The van der Waals surface area contributed by atoms with Crippen LogP contribution in [0.1, 0.15) is 79.8 Å². The van der Waals surface area contributed by atoms with Crippen molar-refractivity contribution in [3.8, 4) is 0 Å². The highest BCUT2D eigenvalue weighted by atomic mass is 16.6. The topological polar surface area (TPSA) is 201 Å². The Labute approximate surface area is 347 Å². The molecule has 3 fully saturated rings. The Morgan fingerprint density at radius 3 is 1.98 bits per heavy atom. The minimum atomic E-state index is -1.94. The number of carbonyl (C=O) groups excluding carboxylic acids is 6. The van der Waals surface area contributed by atoms with Gasteiger partial charge in [-0.25, -0.2) is 9.59 Å². The molecule has 3 aromatic carbocycles. The van der Waals surface area contributed by atoms with Crippen LogP contribution in [0.5, 0.6) is 0 Å². The molecule has 3 aliphatic carbocycles. The largest absolute Gasteiger partial charge is 0.458 e. The summed E-state index contributed by atoms with van der Waals surface area (Å²) in [7, 11) is 0. The summed E-state index contributed by atoms with van der Waals surface area (Å²) in [6.07, 6.45) is -8.45. The van der Waals surface area contributed by atoms with Gasteiger partial charge < -0.3 is 39.2 Å². The molecule has 1 aliphatic heterocycles. The molecule has 316 valence electrons. The van der Waals surface area contributed by atoms with Crippen LogP contribution in [-0.4, -0.2) is 94.6 Å². The fourth-order valence-corrected chi connectivity index (χ4v) is 9.88. The first-order valence-electron chi connectivity index (χ1n) is 20.0. The number of benzene rings is 3. The fourth-order valence-electron chi connectivity index (χ4n) is 9.88. The monoisotopic (exact) mass is 823 g/mol. The Kier molecular flexibility index (Phi) is 11.8. The predicted octanol–water partition coefficient (Wildman–Crippen LogP) is 4.23. The molecule has 1 heterocycles. The minimum Gasteiger partial charge on any atom is -0.458 e. The van der Waals surface area contributed by atoms with Gasteiger partial charge in [0, 0.05) is 31.7 Å². The summed E-state index contributed by atoms with van der Waals surface area (Å²) in [6.45, 7) is 7.41. The van der Waals surface area contributed by atoms with Crippen LogP contribution in [-0.2, 0) is 42.9 Å². The molecule has 14 nitrogen and oxygen atoms in total. The number of amides is 1. The summed E-state index contributed by atoms with van der Waals surface area (Å²) in [4.78, 5) is 82.6. The third-order valence-corrected chi connectivity index (χ3v) is 12.6. The van der Waals surface area contributed by atoms with E-state index in [1.165, 1.54) is 6.92 Å². The van der Waals surface area contributed by atoms with Crippen LogP contribution in [0.2, 0.25) is 0 Å². The van der Waals surface area contributed by atoms with Gasteiger partial charge in [-0.05, 0) is 59.7 Å². The van der Waals surface area contributed by atoms with Crippen LogP contribution in [0.25, 0.3) is 0 Å². The van der Waals surface area contributed by atoms with Crippen LogP contribution in [0, 0.1) is 23.2 Å². The first kappa shape index (κ1) is 42.4. The lowest BCUT2D eigenvalue weighted by molar-refractivity contribution is -0.321. The highest BCUT2D eigenvalue weighted by molar-refractivity contribution is 5.95. The second kappa shape index (κ2) is 16.7. The summed E-state index contributed by atoms with van der Waals surface area (Å²) in [6, 6.07) is 23.6. The van der Waals surface area contributed by atoms with Crippen molar-refractivity contribution in [3.63, 3.8) is 0 Å². The summed E-state index contributed by atoms with van der Waals surface area (Å²) in [5.74, 6) is -8.08. The number of Topliss-reactive ketones (excluding diaryl/α,β-unsaturated/α-hetero) is 1. The van der Waals surface area contributed by atoms with Crippen molar-refractivity contribution in [1.82, 2.24) is 5.32 Å². The van der Waals surface area contributed by atoms with Crippen LogP contribution >= 0.6 is 0 Å². The van der Waals surface area contributed by atoms with E-state index >= 15 is 4.79 Å². The summed E-state index contributed by atoms with van der Waals surface area (Å²) < 4.78 is 30.4. The first-order chi connectivity index (χ1) is 28.5. The van der Waals surface area contributed by atoms with Gasteiger partial charge in [0.2, 0.25) is 0 Å². The second-order valence-corrected chi connectivity index (χ2v) is 16.6. The Morgan fingerprint density at radius 1 is 0.817 bits per heavy atom. The average molecular weight is 824 g/mol. The Bertz CT molecular complexity index is 2170. The van der Waals surface area contributed by atoms with Crippen molar-refractivity contribution in [3.05, 3.63) is 119 Å². The Morgan fingerprint density at radius 2 is 1.42 bits per heavy atom. The molecule has 3 N–H and O–H groups in total. The highest BCUT2D eigenvalue weighted by Gasteiger charge is 2.71. The Balaban J connectivity index is 1.34. The maximum Gasteiger partial charge on any atom is 0.338 e. The number of fused-ring (bicyclic) bond motifs is 5. The first-order valence-corrected chi connectivity index (χ1v) is 20.0. The summed E-state index contributed by atoms with van der Waals surface area (Å²) in [5.41, 5.74) is -1.18. The molecule has 3 aromatic rings. The summed E-state index contributed by atoms with van der Waals surface area (Å²) >= 11 is 0. The van der Waals surface area contributed by atoms with Gasteiger partial charge in [0.1, 0.15) is 18.3 Å². The zero-order valence-electron chi connectivity index (χ0n) is 33.9. The van der Waals surface area contributed by atoms with Crippen LogP contribution in [0.15, 0.2) is 102 Å². The lowest BCUT2D eigenvalue weighted by Crippen LogP contribution is -2.76. The number of rotatable bonds is 10. The molecule has 60 heavy (non-hydrogen) atoms. The van der Waals surface area contributed by atoms with Gasteiger partial charge in [0.05, 0.1) is 36.2 Å². The van der Waals surface area contributed by atoms with E-state index < -0.39 is 107 Å². The van der Waals surface area contributed by atoms with Gasteiger partial charge >= 0.3 is 23.9 Å². The van der Waals surface area contributed by atoms with Crippen LogP contribution in [0.4, 0.5) is 0 Å². The maximum atomic E-state index is 15.1. The molecule has 0 spiro atoms. The lowest BCUT2D eigenvalue weighted by atomic mass is 9.50. The molecule has 2 saturated carbocycles. The van der Waals surface area contributed by atoms with Crippen molar-refractivity contribution < 1.29 is 62.7 Å². The molecule has 0 radical (unpaired) electrons. The number of aliphatic hydroxyl groups excluding tert-OH is 2. The number of aliphatic hydroxyl groups is 2. The lowest BCUT2D eigenvalue weighted by Gasteiger charge is -2.62. The number of nitrogens with one attached hydrogen (secondary N) is 1. The van der Waals surface area contributed by atoms with E-state index in [1.807, 2.05) is 0 Å². The van der Waals surface area contributed by atoms with E-state index in [4.69, 9.17) is 23.7 Å². The van der Waals surface area contributed by atoms with Gasteiger partial charge in [0.15, 0.2) is 23.6 Å². The van der Waals surface area contributed by atoms with E-state index in [1.54, 1.807) is 112 Å². The summed E-state index contributed by atoms with van der Waals surface area (Å²) in [5, 5.41) is 26.3. The number of hydrogen-bond donors (Lipinski definition) is 3. The Hall–Kier alpha value is -5.70. The molecular formula is C46H49NO13. The average Bonchev–Trinajstić information content (AvgIpc) is 3.22. The molecule has 1 saturated heterocycles. The smallest absolute Gasteiger partial charge is 0.338 e. The van der Waals surface area contributed by atoms with Gasteiger partial charge in [0.25, 0.3) is 5.91 Å². The molecule has 11 atom stereocenters. The van der Waals surface area contributed by atoms with E-state index in [9.17, 15) is 34.2 Å². The molecule has 1 amide bonds. The van der Waals surface area contributed by atoms with Gasteiger partial charge in [-0.1, -0.05) is 80.6 Å². The zero-order valence-corrected chi connectivity index (χ0v) is 33.9. The normalized spacial score (nSPS) is 30.0. The number of carbonyl (C=O) groups is 6. The molecule has 14 heteroatoms. The number of esters is 4.